The summed E-state index contributed by atoms with van der Waals surface area (Å²) in [6.07, 6.45) is 1.20. The Morgan fingerprint density at radius 1 is 1.31 bits per heavy atom. The number of carboxylic acid groups (broad SMARTS) is 1. The molecule has 0 spiro atoms. The Hall–Kier alpha value is -1.79. The minimum absolute atomic E-state index is 0.0983. The highest BCUT2D eigenvalue weighted by Gasteiger charge is 2.13. The number of hydrogen-bond donors (Lipinski definition) is 4. The first-order valence-electron chi connectivity index (χ1n) is 4.95. The van der Waals surface area contributed by atoms with Crippen LogP contribution >= 0.6 is 0 Å². The number of rotatable bonds is 5. The van der Waals surface area contributed by atoms with Crippen LogP contribution < -0.4 is 5.73 Å². The molecule has 0 aromatic heterocycles. The highest BCUT2D eigenvalue weighted by Crippen LogP contribution is 2.00. The fourth-order valence-corrected chi connectivity index (χ4v) is 1.13. The zero-order valence-electron chi connectivity index (χ0n) is 9.66. The second kappa shape index (κ2) is 6.65. The molecule has 0 aromatic carbocycles. The monoisotopic (exact) mass is 229 g/mol. The lowest BCUT2D eigenvalue weighted by Crippen LogP contribution is -2.47. The van der Waals surface area contributed by atoms with E-state index in [1.54, 1.807) is 19.0 Å². The van der Waals surface area contributed by atoms with E-state index in [1.165, 1.54) is 4.90 Å². The van der Waals surface area contributed by atoms with Crippen molar-refractivity contribution in [1.29, 1.82) is 10.8 Å². The van der Waals surface area contributed by atoms with E-state index in [1.807, 2.05) is 0 Å². The molecule has 0 radical (unpaired) electrons. The molecule has 0 aliphatic rings. The average Bonchev–Trinajstić information content (AvgIpc) is 2.15. The molecule has 0 aliphatic heterocycles. The van der Waals surface area contributed by atoms with Crippen LogP contribution in [0.2, 0.25) is 0 Å². The third kappa shape index (κ3) is 5.18. The number of nitrogens with two attached hydrogens (primary N) is 1. The normalized spacial score (nSPS) is 9.62. The largest absolute Gasteiger partial charge is 0.481 e. The molecule has 0 aliphatic carbocycles. The van der Waals surface area contributed by atoms with Crippen molar-refractivity contribution in [3.63, 3.8) is 0 Å². The van der Waals surface area contributed by atoms with Crippen molar-refractivity contribution >= 4 is 17.9 Å². The van der Waals surface area contributed by atoms with Crippen molar-refractivity contribution in [3.8, 4) is 0 Å². The van der Waals surface area contributed by atoms with Gasteiger partial charge in [-0.2, -0.15) is 0 Å². The highest BCUT2D eigenvalue weighted by atomic mass is 16.4. The summed E-state index contributed by atoms with van der Waals surface area (Å²) in [7, 11) is 3.38. The van der Waals surface area contributed by atoms with E-state index >= 15 is 0 Å². The smallest absolute Gasteiger partial charge is 0.303 e. The molecular weight excluding hydrogens is 210 g/mol. The van der Waals surface area contributed by atoms with E-state index in [0.717, 1.165) is 0 Å². The summed E-state index contributed by atoms with van der Waals surface area (Å²) in [6.45, 7) is 0.389. The molecule has 0 rings (SSSR count). The van der Waals surface area contributed by atoms with Gasteiger partial charge in [-0.25, -0.2) is 0 Å². The van der Waals surface area contributed by atoms with Gasteiger partial charge < -0.3 is 15.7 Å². The van der Waals surface area contributed by atoms with E-state index in [9.17, 15) is 4.79 Å². The Bertz CT molecular complexity index is 277. The van der Waals surface area contributed by atoms with E-state index in [2.05, 4.69) is 0 Å². The highest BCUT2D eigenvalue weighted by molar-refractivity contribution is 5.94. The lowest BCUT2D eigenvalue weighted by atomic mass is 10.2. The van der Waals surface area contributed by atoms with E-state index in [4.69, 9.17) is 21.7 Å². The van der Waals surface area contributed by atoms with Crippen LogP contribution in [0.3, 0.4) is 0 Å². The predicted octanol–water partition coefficient (Wildman–Crippen LogP) is -0.0669. The number of carbonyl (C=O) groups is 1. The molecule has 0 bridgehead atoms. The fraction of sp³-hybridized carbons (Fsp3) is 0.667. The summed E-state index contributed by atoms with van der Waals surface area (Å²) < 4.78 is 0. The first-order chi connectivity index (χ1) is 7.36. The van der Waals surface area contributed by atoms with Gasteiger partial charge >= 0.3 is 5.97 Å². The summed E-state index contributed by atoms with van der Waals surface area (Å²) in [5.74, 6) is -0.908. The molecule has 0 saturated heterocycles. The SMILES string of the molecule is CN(C)C(=N)N(CCCCC(=O)O)C(=N)N. The van der Waals surface area contributed by atoms with Crippen molar-refractivity contribution in [1.82, 2.24) is 9.80 Å². The Kier molecular flexibility index (Phi) is 5.91. The third-order valence-corrected chi connectivity index (χ3v) is 1.99. The summed E-state index contributed by atoms with van der Waals surface area (Å²) in [5, 5.41) is 23.4. The molecule has 0 aromatic rings. The van der Waals surface area contributed by atoms with Gasteiger partial charge in [0.05, 0.1) is 0 Å². The average molecular weight is 229 g/mol. The number of guanidine groups is 2. The topological polar surface area (TPSA) is 118 Å². The first kappa shape index (κ1) is 14.2. The molecular formula is C9H19N5O2. The van der Waals surface area contributed by atoms with Gasteiger partial charge in [0.15, 0.2) is 11.9 Å². The van der Waals surface area contributed by atoms with Crippen molar-refractivity contribution in [2.75, 3.05) is 20.6 Å². The van der Waals surface area contributed by atoms with Gasteiger partial charge in [0.2, 0.25) is 0 Å². The summed E-state index contributed by atoms with van der Waals surface area (Å²) in [5.41, 5.74) is 5.34. The Labute approximate surface area is 94.8 Å². The van der Waals surface area contributed by atoms with Crippen LogP contribution in [0.15, 0.2) is 0 Å². The van der Waals surface area contributed by atoms with Crippen LogP contribution in [-0.2, 0) is 4.79 Å². The molecule has 0 heterocycles. The molecule has 92 valence electrons. The molecule has 0 saturated carbocycles. The van der Waals surface area contributed by atoms with Gasteiger partial charge in [0.1, 0.15) is 0 Å². The molecule has 0 atom stereocenters. The van der Waals surface area contributed by atoms with Crippen molar-refractivity contribution in [3.05, 3.63) is 0 Å². The standard InChI is InChI=1S/C9H19N5O2/c1-13(2)9(12)14(8(10)11)6-4-3-5-7(15)16/h12H,3-6H2,1-2H3,(H3,10,11)(H,15,16). The quantitative estimate of drug-likeness (QED) is 0.299. The van der Waals surface area contributed by atoms with Gasteiger partial charge in [0.25, 0.3) is 0 Å². The molecule has 0 fully saturated rings. The summed E-state index contributed by atoms with van der Waals surface area (Å²) in [4.78, 5) is 13.2. The Morgan fingerprint density at radius 2 is 1.88 bits per heavy atom. The van der Waals surface area contributed by atoms with Crippen molar-refractivity contribution in [2.24, 2.45) is 5.73 Å². The first-order valence-corrected chi connectivity index (χ1v) is 4.95. The van der Waals surface area contributed by atoms with Crippen molar-refractivity contribution < 1.29 is 9.90 Å². The molecule has 16 heavy (non-hydrogen) atoms. The van der Waals surface area contributed by atoms with Gasteiger partial charge in [-0.1, -0.05) is 0 Å². The Balaban J connectivity index is 4.10. The fourth-order valence-electron chi connectivity index (χ4n) is 1.13. The minimum atomic E-state index is -0.836. The number of nitrogens with one attached hydrogen (secondary N) is 2. The van der Waals surface area contributed by atoms with Crippen LogP contribution in [-0.4, -0.2) is 53.4 Å². The number of hydrogen-bond acceptors (Lipinski definition) is 3. The molecule has 7 nitrogen and oxygen atoms in total. The second-order valence-electron chi connectivity index (χ2n) is 3.61. The number of carboxylic acids is 1. The van der Waals surface area contributed by atoms with Crippen LogP contribution in [0.1, 0.15) is 19.3 Å². The van der Waals surface area contributed by atoms with Crippen LogP contribution in [0.25, 0.3) is 0 Å². The van der Waals surface area contributed by atoms with Gasteiger partial charge in [-0.3, -0.25) is 20.5 Å². The van der Waals surface area contributed by atoms with Crippen molar-refractivity contribution in [2.45, 2.75) is 19.3 Å². The van der Waals surface area contributed by atoms with Gasteiger partial charge in [-0.15, -0.1) is 0 Å². The maximum absolute atomic E-state index is 10.3. The minimum Gasteiger partial charge on any atom is -0.481 e. The molecule has 5 N–H and O–H groups in total. The number of aliphatic carboxylic acids is 1. The lowest BCUT2D eigenvalue weighted by Gasteiger charge is -2.27. The van der Waals surface area contributed by atoms with Gasteiger partial charge in [0, 0.05) is 27.1 Å². The summed E-state index contributed by atoms with van der Waals surface area (Å²) in [6, 6.07) is 0. The summed E-state index contributed by atoms with van der Waals surface area (Å²) >= 11 is 0. The number of unbranched alkanes of at least 4 members (excludes halogenated alkanes) is 1. The van der Waals surface area contributed by atoms with Crippen LogP contribution in [0, 0.1) is 10.8 Å². The molecule has 7 heteroatoms. The number of nitrogens with zero attached hydrogens (tertiary/aromatic N) is 2. The lowest BCUT2D eigenvalue weighted by molar-refractivity contribution is -0.137. The van der Waals surface area contributed by atoms with Crippen LogP contribution in [0.4, 0.5) is 0 Å². The maximum Gasteiger partial charge on any atom is 0.303 e. The third-order valence-electron chi connectivity index (χ3n) is 1.99. The maximum atomic E-state index is 10.3. The van der Waals surface area contributed by atoms with E-state index in [-0.39, 0.29) is 18.3 Å². The second-order valence-corrected chi connectivity index (χ2v) is 3.61. The van der Waals surface area contributed by atoms with E-state index in [0.29, 0.717) is 19.4 Å². The van der Waals surface area contributed by atoms with Gasteiger partial charge in [-0.05, 0) is 12.8 Å². The predicted molar refractivity (Wildman–Crippen MR) is 61.5 cm³/mol. The molecule has 0 unspecified atom stereocenters. The van der Waals surface area contributed by atoms with E-state index < -0.39 is 5.97 Å². The van der Waals surface area contributed by atoms with Crippen LogP contribution in [0.5, 0.6) is 0 Å². The molecule has 0 amide bonds. The zero-order valence-corrected chi connectivity index (χ0v) is 9.66. The Morgan fingerprint density at radius 3 is 2.25 bits per heavy atom. The zero-order chi connectivity index (χ0) is 12.7.